The first kappa shape index (κ1) is 12.9. The quantitative estimate of drug-likeness (QED) is 0.497. The molecule has 0 amide bonds. The smallest absolute Gasteiger partial charge is 0.313 e. The van der Waals surface area contributed by atoms with Crippen LogP contribution in [-0.2, 0) is 0 Å². The molecule has 8 nitrogen and oxygen atoms in total. The summed E-state index contributed by atoms with van der Waals surface area (Å²) < 4.78 is 14.4. The Balaban J connectivity index is 2.14. The summed E-state index contributed by atoms with van der Waals surface area (Å²) in [6, 6.07) is 0. The number of nitrogens with two attached hydrogens (primary N) is 1. The molecule has 5 N–H and O–H groups in total. The second kappa shape index (κ2) is 4.47. The van der Waals surface area contributed by atoms with Crippen LogP contribution in [0.1, 0.15) is 11.5 Å². The average molecular weight is 281 g/mol. The third-order valence-corrected chi connectivity index (χ3v) is 3.40. The maximum absolute atomic E-state index is 13.2. The van der Waals surface area contributed by atoms with Crippen LogP contribution in [0.2, 0.25) is 0 Å². The van der Waals surface area contributed by atoms with Gasteiger partial charge in [-0.25, -0.2) is 0 Å². The highest BCUT2D eigenvalue weighted by Crippen LogP contribution is 2.35. The number of anilines is 1. The highest BCUT2D eigenvalue weighted by atomic mass is 19.1. The Kier molecular flexibility index (Phi) is 2.89. The fraction of sp³-hybridized carbons (Fsp3) is 0.364. The number of fused-ring (bicyclic) bond motifs is 1. The van der Waals surface area contributed by atoms with Gasteiger partial charge in [-0.3, -0.25) is 0 Å². The summed E-state index contributed by atoms with van der Waals surface area (Å²) in [6.45, 7) is -0.376. The van der Waals surface area contributed by atoms with E-state index >= 15 is 0 Å². The molecule has 0 saturated heterocycles. The molecule has 0 spiro atoms. The minimum absolute atomic E-state index is 0.113. The van der Waals surface area contributed by atoms with Gasteiger partial charge in [0.05, 0.1) is 18.9 Å². The van der Waals surface area contributed by atoms with E-state index in [9.17, 15) is 14.6 Å². The molecule has 0 radical (unpaired) electrons. The maximum atomic E-state index is 13.2. The summed E-state index contributed by atoms with van der Waals surface area (Å²) in [5.74, 6) is -0.823. The van der Waals surface area contributed by atoms with Crippen LogP contribution in [0, 0.1) is 6.08 Å². The lowest BCUT2D eigenvalue weighted by Crippen LogP contribution is -2.27. The van der Waals surface area contributed by atoms with Crippen LogP contribution in [0.5, 0.6) is 0 Å². The van der Waals surface area contributed by atoms with Crippen LogP contribution in [-0.4, -0.2) is 53.7 Å². The monoisotopic (exact) mass is 281 g/mol. The maximum Gasteiger partial charge on any atom is 0.313 e. The number of halogens is 1. The summed E-state index contributed by atoms with van der Waals surface area (Å²) in [6.07, 6.45) is -0.454. The lowest BCUT2D eigenvalue weighted by molar-refractivity contribution is 0.0407. The molecule has 0 bridgehead atoms. The number of rotatable bonds is 2. The molecule has 9 heteroatoms. The number of nitrogen functional groups attached to an aromatic ring is 1. The highest BCUT2D eigenvalue weighted by molar-refractivity contribution is 5.54. The number of aliphatic hydroxyl groups is 3. The molecule has 106 valence electrons. The Morgan fingerprint density at radius 1 is 1.35 bits per heavy atom. The lowest BCUT2D eigenvalue weighted by Gasteiger charge is -2.16. The van der Waals surface area contributed by atoms with E-state index in [1.807, 2.05) is 0 Å². The first-order chi connectivity index (χ1) is 9.52. The molecule has 1 aliphatic rings. The third-order valence-electron chi connectivity index (χ3n) is 3.40. The largest absolute Gasteiger partial charge is 0.392 e. The summed E-state index contributed by atoms with van der Waals surface area (Å²) in [5.41, 5.74) is 6.33. The summed E-state index contributed by atoms with van der Waals surface area (Å²) in [5, 5.41) is 32.8. The van der Waals surface area contributed by atoms with Gasteiger partial charge >= 0.3 is 6.08 Å². The zero-order chi connectivity index (χ0) is 14.4. The van der Waals surface area contributed by atoms with E-state index < -0.39 is 24.2 Å². The van der Waals surface area contributed by atoms with Crippen molar-refractivity contribution >= 4 is 11.6 Å². The standard InChI is InChI=1S/C11H12FN5O3/c12-10-15-9-6(2-14-17(9)11(13)16-10)5-1-4(3-18)7(19)8(5)20/h1-2,5,7-8,18-20H,3H2,(H2,13,15,16)/t5?,7-,8-/m0/s1. The first-order valence-electron chi connectivity index (χ1n) is 5.87. The number of aliphatic hydroxyl groups excluding tert-OH is 3. The van der Waals surface area contributed by atoms with Crippen molar-refractivity contribution < 1.29 is 19.7 Å². The number of hydrogen-bond acceptors (Lipinski definition) is 7. The van der Waals surface area contributed by atoms with Gasteiger partial charge in [0.25, 0.3) is 0 Å². The average Bonchev–Trinajstić information content (AvgIpc) is 2.93. The van der Waals surface area contributed by atoms with E-state index in [0.29, 0.717) is 11.1 Å². The summed E-state index contributed by atoms with van der Waals surface area (Å²) >= 11 is 0. The Morgan fingerprint density at radius 3 is 2.75 bits per heavy atom. The minimum atomic E-state index is -1.18. The molecule has 20 heavy (non-hydrogen) atoms. The second-order valence-electron chi connectivity index (χ2n) is 4.55. The Morgan fingerprint density at radius 2 is 2.10 bits per heavy atom. The van der Waals surface area contributed by atoms with Crippen LogP contribution in [0.3, 0.4) is 0 Å². The zero-order valence-electron chi connectivity index (χ0n) is 10.2. The molecular formula is C11H12FN5O3. The fourth-order valence-corrected chi connectivity index (χ4v) is 2.39. The number of nitrogens with zero attached hydrogens (tertiary/aromatic N) is 4. The Hall–Kier alpha value is -2.10. The summed E-state index contributed by atoms with van der Waals surface area (Å²) in [4.78, 5) is 6.95. The van der Waals surface area contributed by atoms with Crippen molar-refractivity contribution in [3.63, 3.8) is 0 Å². The van der Waals surface area contributed by atoms with E-state index in [4.69, 9.17) is 10.8 Å². The zero-order valence-corrected chi connectivity index (χ0v) is 10.2. The van der Waals surface area contributed by atoms with E-state index in [1.165, 1.54) is 12.3 Å². The molecule has 1 unspecified atom stereocenters. The molecule has 3 rings (SSSR count). The van der Waals surface area contributed by atoms with Crippen LogP contribution >= 0.6 is 0 Å². The molecule has 1 aliphatic carbocycles. The second-order valence-corrected chi connectivity index (χ2v) is 4.55. The van der Waals surface area contributed by atoms with Gasteiger partial charge in [-0.05, 0) is 5.57 Å². The van der Waals surface area contributed by atoms with Crippen LogP contribution in [0.4, 0.5) is 10.3 Å². The lowest BCUT2D eigenvalue weighted by atomic mass is 9.98. The Bertz CT molecular complexity index is 701. The van der Waals surface area contributed by atoms with Gasteiger partial charge in [0.1, 0.15) is 6.10 Å². The van der Waals surface area contributed by atoms with Crippen molar-refractivity contribution in [1.82, 2.24) is 19.6 Å². The van der Waals surface area contributed by atoms with Crippen molar-refractivity contribution in [2.45, 2.75) is 18.1 Å². The molecule has 3 atom stereocenters. The van der Waals surface area contributed by atoms with Crippen LogP contribution in [0.15, 0.2) is 17.8 Å². The van der Waals surface area contributed by atoms with Gasteiger partial charge in [0, 0.05) is 11.5 Å². The highest BCUT2D eigenvalue weighted by Gasteiger charge is 2.37. The van der Waals surface area contributed by atoms with Crippen molar-refractivity contribution in [2.75, 3.05) is 12.3 Å². The minimum Gasteiger partial charge on any atom is -0.392 e. The van der Waals surface area contributed by atoms with Crippen molar-refractivity contribution in [1.29, 1.82) is 0 Å². The molecule has 2 aromatic heterocycles. The van der Waals surface area contributed by atoms with Crippen molar-refractivity contribution in [2.24, 2.45) is 0 Å². The first-order valence-corrected chi connectivity index (χ1v) is 5.87. The SMILES string of the molecule is Nc1nc(F)nc2c(C3C=C(CO)[C@H](O)[C@H]3O)cnn12. The number of aromatic nitrogens is 4. The van der Waals surface area contributed by atoms with Gasteiger partial charge in [-0.15, -0.1) is 0 Å². The molecule has 0 fully saturated rings. The van der Waals surface area contributed by atoms with Gasteiger partial charge < -0.3 is 21.1 Å². The van der Waals surface area contributed by atoms with Crippen LogP contribution < -0.4 is 5.73 Å². The molecule has 0 aromatic carbocycles. The molecule has 2 heterocycles. The van der Waals surface area contributed by atoms with Gasteiger partial charge in [-0.1, -0.05) is 6.08 Å². The molecular weight excluding hydrogens is 269 g/mol. The molecule has 0 saturated carbocycles. The van der Waals surface area contributed by atoms with E-state index in [-0.39, 0.29) is 18.2 Å². The van der Waals surface area contributed by atoms with E-state index in [0.717, 1.165) is 4.52 Å². The Labute approximate surface area is 112 Å². The topological polar surface area (TPSA) is 130 Å². The number of hydrogen-bond donors (Lipinski definition) is 4. The van der Waals surface area contributed by atoms with Gasteiger partial charge in [0.2, 0.25) is 5.95 Å². The normalized spacial score (nSPS) is 26.2. The van der Waals surface area contributed by atoms with Gasteiger partial charge in [0.15, 0.2) is 5.65 Å². The summed E-state index contributed by atoms with van der Waals surface area (Å²) in [7, 11) is 0. The predicted octanol–water partition coefficient (Wildman–Crippen LogP) is -1.42. The molecule has 2 aromatic rings. The van der Waals surface area contributed by atoms with Crippen molar-refractivity contribution in [3.05, 3.63) is 29.5 Å². The molecule has 0 aliphatic heterocycles. The fourth-order valence-electron chi connectivity index (χ4n) is 2.39. The van der Waals surface area contributed by atoms with E-state index in [1.54, 1.807) is 0 Å². The van der Waals surface area contributed by atoms with Crippen LogP contribution in [0.25, 0.3) is 5.65 Å². The predicted molar refractivity (Wildman–Crippen MR) is 65.1 cm³/mol. The van der Waals surface area contributed by atoms with Crippen molar-refractivity contribution in [3.8, 4) is 0 Å². The van der Waals surface area contributed by atoms with E-state index in [2.05, 4.69) is 15.1 Å². The van der Waals surface area contributed by atoms with Gasteiger partial charge in [-0.2, -0.15) is 24.0 Å². The third kappa shape index (κ3) is 1.75.